The fourth-order valence-corrected chi connectivity index (χ4v) is 4.21. The third-order valence-electron chi connectivity index (χ3n) is 3.93. The molecule has 1 aliphatic carbocycles. The van der Waals surface area contributed by atoms with Crippen LogP contribution in [0.1, 0.15) is 26.2 Å². The predicted octanol–water partition coefficient (Wildman–Crippen LogP) is 1.36. The fraction of sp³-hybridized carbons (Fsp3) is 0.643. The first kappa shape index (κ1) is 14.7. The van der Waals surface area contributed by atoms with E-state index in [2.05, 4.69) is 15.0 Å². The van der Waals surface area contributed by atoms with E-state index in [-0.39, 0.29) is 17.0 Å². The van der Waals surface area contributed by atoms with Gasteiger partial charge in [-0.15, -0.1) is 0 Å². The van der Waals surface area contributed by atoms with Gasteiger partial charge in [0, 0.05) is 19.3 Å². The Balaban J connectivity index is 1.80. The van der Waals surface area contributed by atoms with E-state index in [1.54, 1.807) is 18.3 Å². The zero-order valence-electron chi connectivity index (χ0n) is 12.1. The summed E-state index contributed by atoms with van der Waals surface area (Å²) in [6, 6.07) is 3.09. The van der Waals surface area contributed by atoms with E-state index in [4.69, 9.17) is 4.74 Å². The normalized spacial score (nSPS) is 26.0. The summed E-state index contributed by atoms with van der Waals surface area (Å²) in [7, 11) is -3.59. The fourth-order valence-electron chi connectivity index (χ4n) is 2.80. The van der Waals surface area contributed by atoms with Crippen LogP contribution in [0.4, 0.5) is 5.82 Å². The summed E-state index contributed by atoms with van der Waals surface area (Å²) >= 11 is 0. The molecule has 7 heteroatoms. The number of rotatable bonds is 6. The van der Waals surface area contributed by atoms with Crippen LogP contribution in [0.5, 0.6) is 0 Å². The predicted molar refractivity (Wildman–Crippen MR) is 79.6 cm³/mol. The molecule has 1 aliphatic heterocycles. The molecule has 1 aromatic heterocycles. The Labute approximate surface area is 125 Å². The Morgan fingerprint density at radius 3 is 2.90 bits per heavy atom. The highest BCUT2D eigenvalue weighted by atomic mass is 32.2. The Morgan fingerprint density at radius 1 is 1.38 bits per heavy atom. The summed E-state index contributed by atoms with van der Waals surface area (Å²) in [6.45, 7) is 3.16. The monoisotopic (exact) mass is 311 g/mol. The molecule has 0 spiro atoms. The molecule has 0 amide bonds. The van der Waals surface area contributed by atoms with Crippen LogP contribution >= 0.6 is 0 Å². The molecule has 0 radical (unpaired) electrons. The van der Waals surface area contributed by atoms with Gasteiger partial charge in [-0.05, 0) is 44.2 Å². The van der Waals surface area contributed by atoms with Gasteiger partial charge in [-0.25, -0.2) is 18.1 Å². The van der Waals surface area contributed by atoms with Crippen LogP contribution in [0.3, 0.4) is 0 Å². The molecule has 1 aromatic rings. The zero-order valence-corrected chi connectivity index (χ0v) is 12.9. The first-order valence-electron chi connectivity index (χ1n) is 7.44. The maximum absolute atomic E-state index is 12.6. The lowest BCUT2D eigenvalue weighted by Crippen LogP contribution is -2.41. The lowest BCUT2D eigenvalue weighted by molar-refractivity contribution is 0.0848. The van der Waals surface area contributed by atoms with Crippen molar-refractivity contribution in [2.24, 2.45) is 5.92 Å². The van der Waals surface area contributed by atoms with E-state index >= 15 is 0 Å². The standard InChI is InChI=1S/C14H21N3O3S/c1-2-15-14-12(4-3-8-16-14)21(18,19)17-11-7-9-20-13(11)10-5-6-10/h3-4,8,10-11,13,17H,2,5-7,9H2,1H3,(H,15,16). The molecule has 6 nitrogen and oxygen atoms in total. The Bertz CT molecular complexity index is 601. The van der Waals surface area contributed by atoms with Crippen molar-refractivity contribution in [3.8, 4) is 0 Å². The second-order valence-corrected chi connectivity index (χ2v) is 7.25. The highest BCUT2D eigenvalue weighted by molar-refractivity contribution is 7.89. The zero-order chi connectivity index (χ0) is 14.9. The molecule has 2 atom stereocenters. The number of anilines is 1. The number of hydrogen-bond donors (Lipinski definition) is 2. The minimum Gasteiger partial charge on any atom is -0.376 e. The van der Waals surface area contributed by atoms with E-state index in [1.165, 1.54) is 0 Å². The van der Waals surface area contributed by atoms with Gasteiger partial charge < -0.3 is 10.1 Å². The van der Waals surface area contributed by atoms with Crippen LogP contribution in [0.15, 0.2) is 23.2 Å². The summed E-state index contributed by atoms with van der Waals surface area (Å²) in [5, 5.41) is 2.99. The molecule has 116 valence electrons. The molecule has 2 aliphatic rings. The van der Waals surface area contributed by atoms with Crippen LogP contribution < -0.4 is 10.0 Å². The Kier molecular flexibility index (Phi) is 4.14. The molecule has 21 heavy (non-hydrogen) atoms. The number of hydrogen-bond acceptors (Lipinski definition) is 5. The largest absolute Gasteiger partial charge is 0.376 e. The summed E-state index contributed by atoms with van der Waals surface area (Å²) < 4.78 is 33.8. The molecule has 2 heterocycles. The third-order valence-corrected chi connectivity index (χ3v) is 5.45. The number of aromatic nitrogens is 1. The minimum absolute atomic E-state index is 0.0269. The van der Waals surface area contributed by atoms with Crippen LogP contribution in [0.25, 0.3) is 0 Å². The van der Waals surface area contributed by atoms with Crippen molar-refractivity contribution in [3.05, 3.63) is 18.3 Å². The topological polar surface area (TPSA) is 80.3 Å². The van der Waals surface area contributed by atoms with Gasteiger partial charge in [0.05, 0.1) is 12.1 Å². The maximum Gasteiger partial charge on any atom is 0.244 e. The van der Waals surface area contributed by atoms with E-state index in [0.29, 0.717) is 24.9 Å². The van der Waals surface area contributed by atoms with Crippen LogP contribution in [-0.2, 0) is 14.8 Å². The minimum atomic E-state index is -3.59. The van der Waals surface area contributed by atoms with Crippen molar-refractivity contribution in [1.82, 2.24) is 9.71 Å². The summed E-state index contributed by atoms with van der Waals surface area (Å²) in [4.78, 5) is 4.32. The molecule has 3 rings (SSSR count). The second kappa shape index (κ2) is 5.90. The maximum atomic E-state index is 12.6. The van der Waals surface area contributed by atoms with Gasteiger partial charge in [0.1, 0.15) is 10.7 Å². The molecule has 0 aromatic carbocycles. The van der Waals surface area contributed by atoms with Crippen molar-refractivity contribution in [1.29, 1.82) is 0 Å². The number of ether oxygens (including phenoxy) is 1. The molecule has 1 saturated heterocycles. The van der Waals surface area contributed by atoms with Crippen molar-refractivity contribution in [3.63, 3.8) is 0 Å². The first-order chi connectivity index (χ1) is 10.1. The number of pyridine rings is 1. The molecule has 2 fully saturated rings. The van der Waals surface area contributed by atoms with E-state index in [1.807, 2.05) is 6.92 Å². The van der Waals surface area contributed by atoms with Crippen LogP contribution in [0, 0.1) is 5.92 Å². The van der Waals surface area contributed by atoms with Gasteiger partial charge in [-0.1, -0.05) is 0 Å². The lowest BCUT2D eigenvalue weighted by atomic mass is 10.1. The van der Waals surface area contributed by atoms with Crippen molar-refractivity contribution in [2.45, 2.75) is 43.2 Å². The number of nitrogens with one attached hydrogen (secondary N) is 2. The Hall–Kier alpha value is -1.18. The molecular formula is C14H21N3O3S. The number of nitrogens with zero attached hydrogens (tertiary/aromatic N) is 1. The molecule has 2 N–H and O–H groups in total. The quantitative estimate of drug-likeness (QED) is 0.829. The SMILES string of the molecule is CCNc1ncccc1S(=O)(=O)NC1CCOC1C1CC1. The van der Waals surface area contributed by atoms with Gasteiger partial charge in [-0.2, -0.15) is 0 Å². The second-order valence-electron chi connectivity index (χ2n) is 5.57. The molecule has 0 bridgehead atoms. The van der Waals surface area contributed by atoms with Crippen molar-refractivity contribution in [2.75, 3.05) is 18.5 Å². The van der Waals surface area contributed by atoms with Crippen molar-refractivity contribution >= 4 is 15.8 Å². The van der Waals surface area contributed by atoms with Gasteiger partial charge in [-0.3, -0.25) is 0 Å². The molecule has 1 saturated carbocycles. The van der Waals surface area contributed by atoms with E-state index in [9.17, 15) is 8.42 Å². The smallest absolute Gasteiger partial charge is 0.244 e. The summed E-state index contributed by atoms with van der Waals surface area (Å²) in [6.07, 6.45) is 4.62. The lowest BCUT2D eigenvalue weighted by Gasteiger charge is -2.20. The summed E-state index contributed by atoms with van der Waals surface area (Å²) in [5.74, 6) is 0.914. The highest BCUT2D eigenvalue weighted by Gasteiger charge is 2.42. The van der Waals surface area contributed by atoms with Gasteiger partial charge in [0.2, 0.25) is 10.0 Å². The van der Waals surface area contributed by atoms with Gasteiger partial charge >= 0.3 is 0 Å². The van der Waals surface area contributed by atoms with Crippen molar-refractivity contribution < 1.29 is 13.2 Å². The van der Waals surface area contributed by atoms with Gasteiger partial charge in [0.25, 0.3) is 0 Å². The average molecular weight is 311 g/mol. The Morgan fingerprint density at radius 2 is 2.19 bits per heavy atom. The number of sulfonamides is 1. The highest BCUT2D eigenvalue weighted by Crippen LogP contribution is 2.39. The molecular weight excluding hydrogens is 290 g/mol. The first-order valence-corrected chi connectivity index (χ1v) is 8.93. The molecule has 2 unspecified atom stereocenters. The third kappa shape index (κ3) is 3.20. The van der Waals surface area contributed by atoms with Gasteiger partial charge in [0.15, 0.2) is 0 Å². The van der Waals surface area contributed by atoms with E-state index < -0.39 is 10.0 Å². The summed E-state index contributed by atoms with van der Waals surface area (Å²) in [5.41, 5.74) is 0. The van der Waals surface area contributed by atoms with E-state index in [0.717, 1.165) is 19.3 Å². The van der Waals surface area contributed by atoms with Crippen LogP contribution in [-0.4, -0.2) is 38.7 Å². The van der Waals surface area contributed by atoms with Crippen LogP contribution in [0.2, 0.25) is 0 Å². The average Bonchev–Trinajstić information content (AvgIpc) is 3.20.